The summed E-state index contributed by atoms with van der Waals surface area (Å²) in [4.78, 5) is 59.3. The van der Waals surface area contributed by atoms with Crippen molar-refractivity contribution in [3.8, 4) is 0 Å². The Labute approximate surface area is 232 Å². The molecule has 40 heavy (non-hydrogen) atoms. The van der Waals surface area contributed by atoms with Crippen LogP contribution in [0.4, 0.5) is 0 Å². The van der Waals surface area contributed by atoms with Gasteiger partial charge in [0.1, 0.15) is 31.4 Å². The van der Waals surface area contributed by atoms with Crippen molar-refractivity contribution in [2.45, 2.75) is 90.2 Å². The molecule has 1 fully saturated rings. The lowest BCUT2D eigenvalue weighted by Gasteiger charge is -2.44. The number of rotatable bonds is 14. The first-order valence-corrected chi connectivity index (χ1v) is 13.0. The van der Waals surface area contributed by atoms with E-state index in [9.17, 15) is 24.0 Å². The lowest BCUT2D eigenvalue weighted by atomic mass is 9.96. The van der Waals surface area contributed by atoms with E-state index in [0.717, 1.165) is 19.4 Å². The van der Waals surface area contributed by atoms with Crippen LogP contribution in [-0.2, 0) is 59.0 Å². The molecule has 1 saturated heterocycles. The SMILES string of the molecule is CC(=O)NC1[C@@H](OCCCC[C@H](N)C(=O)OCc2ccccc2)OC(COC(C)=O)[C@H](OC(C)=O)[C@@H]1OC(C)=O. The van der Waals surface area contributed by atoms with Crippen LogP contribution in [0.3, 0.4) is 0 Å². The molecule has 1 aliphatic heterocycles. The molecule has 3 N–H and O–H groups in total. The summed E-state index contributed by atoms with van der Waals surface area (Å²) in [5.41, 5.74) is 6.81. The molecule has 0 spiro atoms. The number of nitrogens with one attached hydrogen (secondary N) is 1. The molecule has 13 heteroatoms. The van der Waals surface area contributed by atoms with E-state index in [1.165, 1.54) is 13.8 Å². The van der Waals surface area contributed by atoms with E-state index in [0.29, 0.717) is 19.3 Å². The highest BCUT2D eigenvalue weighted by molar-refractivity contribution is 5.75. The molecule has 6 atom stereocenters. The molecule has 1 aromatic carbocycles. The summed E-state index contributed by atoms with van der Waals surface area (Å²) in [6.07, 6.45) is -3.27. The summed E-state index contributed by atoms with van der Waals surface area (Å²) >= 11 is 0. The Morgan fingerprint density at radius 1 is 0.900 bits per heavy atom. The first-order valence-electron chi connectivity index (χ1n) is 13.0. The van der Waals surface area contributed by atoms with Gasteiger partial charge >= 0.3 is 23.9 Å². The number of hydrogen-bond donors (Lipinski definition) is 2. The predicted molar refractivity (Wildman–Crippen MR) is 138 cm³/mol. The molecule has 13 nitrogen and oxygen atoms in total. The molecule has 222 valence electrons. The van der Waals surface area contributed by atoms with Crippen LogP contribution in [0.25, 0.3) is 0 Å². The molecule has 0 saturated carbocycles. The maximum Gasteiger partial charge on any atom is 0.323 e. The number of hydrogen-bond acceptors (Lipinski definition) is 12. The molecular formula is C27H38N2O11. The average Bonchev–Trinajstić information content (AvgIpc) is 2.88. The van der Waals surface area contributed by atoms with Crippen molar-refractivity contribution in [2.75, 3.05) is 13.2 Å². The highest BCUT2D eigenvalue weighted by Crippen LogP contribution is 2.28. The molecule has 0 radical (unpaired) electrons. The zero-order chi connectivity index (χ0) is 29.7. The minimum atomic E-state index is -1.20. The second kappa shape index (κ2) is 16.5. The zero-order valence-corrected chi connectivity index (χ0v) is 23.2. The van der Waals surface area contributed by atoms with Crippen LogP contribution in [0.15, 0.2) is 30.3 Å². The van der Waals surface area contributed by atoms with Crippen molar-refractivity contribution < 1.29 is 52.4 Å². The third-order valence-electron chi connectivity index (χ3n) is 5.79. The lowest BCUT2D eigenvalue weighted by Crippen LogP contribution is -2.66. The lowest BCUT2D eigenvalue weighted by molar-refractivity contribution is -0.277. The van der Waals surface area contributed by atoms with Crippen LogP contribution < -0.4 is 11.1 Å². The van der Waals surface area contributed by atoms with Crippen LogP contribution in [0.5, 0.6) is 0 Å². The van der Waals surface area contributed by atoms with E-state index in [4.69, 9.17) is 34.2 Å². The summed E-state index contributed by atoms with van der Waals surface area (Å²) in [5.74, 6) is -2.98. The topological polar surface area (TPSA) is 179 Å². The first-order chi connectivity index (χ1) is 19.0. The fourth-order valence-corrected chi connectivity index (χ4v) is 4.05. The second-order valence-corrected chi connectivity index (χ2v) is 9.29. The van der Waals surface area contributed by atoms with Gasteiger partial charge in [-0.2, -0.15) is 0 Å². The van der Waals surface area contributed by atoms with Crippen molar-refractivity contribution in [3.63, 3.8) is 0 Å². The van der Waals surface area contributed by atoms with Gasteiger partial charge in [0.05, 0.1) is 0 Å². The molecule has 1 amide bonds. The van der Waals surface area contributed by atoms with Crippen LogP contribution in [-0.4, -0.2) is 79.7 Å². The number of ether oxygens (including phenoxy) is 6. The Morgan fingerprint density at radius 2 is 1.55 bits per heavy atom. The second-order valence-electron chi connectivity index (χ2n) is 9.29. The summed E-state index contributed by atoms with van der Waals surface area (Å²) in [5, 5.41) is 2.63. The Hall–Kier alpha value is -3.55. The summed E-state index contributed by atoms with van der Waals surface area (Å²) in [7, 11) is 0. The van der Waals surface area contributed by atoms with Gasteiger partial charge in [0.2, 0.25) is 5.91 Å². The number of amides is 1. The smallest absolute Gasteiger partial charge is 0.323 e. The van der Waals surface area contributed by atoms with Gasteiger partial charge in [-0.15, -0.1) is 0 Å². The molecule has 1 aliphatic rings. The number of carbonyl (C=O) groups is 5. The number of unbranched alkanes of at least 4 members (excludes halogenated alkanes) is 1. The molecule has 2 unspecified atom stereocenters. The Morgan fingerprint density at radius 3 is 2.15 bits per heavy atom. The van der Waals surface area contributed by atoms with E-state index in [1.807, 2.05) is 30.3 Å². The predicted octanol–water partition coefficient (Wildman–Crippen LogP) is 0.900. The summed E-state index contributed by atoms with van der Waals surface area (Å²) in [6.45, 7) is 4.71. The third kappa shape index (κ3) is 11.3. The molecule has 0 aliphatic carbocycles. The Bertz CT molecular complexity index is 1000. The molecule has 1 aromatic rings. The first kappa shape index (κ1) is 32.7. The third-order valence-corrected chi connectivity index (χ3v) is 5.79. The van der Waals surface area contributed by atoms with Gasteiger partial charge in [-0.25, -0.2) is 0 Å². The van der Waals surface area contributed by atoms with E-state index in [-0.39, 0.29) is 19.8 Å². The number of esters is 4. The monoisotopic (exact) mass is 566 g/mol. The quantitative estimate of drug-likeness (QED) is 0.185. The van der Waals surface area contributed by atoms with Crippen molar-refractivity contribution >= 4 is 29.8 Å². The van der Waals surface area contributed by atoms with Crippen molar-refractivity contribution in [3.05, 3.63) is 35.9 Å². The maximum absolute atomic E-state index is 12.2. The number of benzene rings is 1. The Balaban J connectivity index is 2.00. The van der Waals surface area contributed by atoms with Crippen LogP contribution in [0.1, 0.15) is 52.5 Å². The molecule has 2 rings (SSSR count). The van der Waals surface area contributed by atoms with Gasteiger partial charge in [-0.05, 0) is 24.8 Å². The summed E-state index contributed by atoms with van der Waals surface area (Å²) < 4.78 is 32.9. The van der Waals surface area contributed by atoms with E-state index in [1.54, 1.807) is 0 Å². The van der Waals surface area contributed by atoms with Gasteiger partial charge in [-0.1, -0.05) is 30.3 Å². The molecule has 0 aromatic heterocycles. The van der Waals surface area contributed by atoms with E-state index >= 15 is 0 Å². The van der Waals surface area contributed by atoms with Gasteiger partial charge < -0.3 is 39.5 Å². The minimum absolute atomic E-state index is 0.123. The molecular weight excluding hydrogens is 528 g/mol. The average molecular weight is 567 g/mol. The molecule has 0 bridgehead atoms. The fraction of sp³-hybridized carbons (Fsp3) is 0.593. The van der Waals surface area contributed by atoms with Crippen LogP contribution in [0.2, 0.25) is 0 Å². The normalized spacial score (nSPS) is 22.9. The van der Waals surface area contributed by atoms with E-state index in [2.05, 4.69) is 5.32 Å². The molecule has 1 heterocycles. The highest BCUT2D eigenvalue weighted by atomic mass is 16.7. The van der Waals surface area contributed by atoms with Gasteiger partial charge in [0, 0.05) is 34.3 Å². The zero-order valence-electron chi connectivity index (χ0n) is 23.2. The van der Waals surface area contributed by atoms with Crippen LogP contribution >= 0.6 is 0 Å². The maximum atomic E-state index is 12.2. The highest BCUT2D eigenvalue weighted by Gasteiger charge is 2.51. The summed E-state index contributed by atoms with van der Waals surface area (Å²) in [6, 6.07) is 7.38. The fourth-order valence-electron chi connectivity index (χ4n) is 4.05. The Kier molecular flexibility index (Phi) is 13.5. The number of nitrogens with two attached hydrogens (primary N) is 1. The minimum Gasteiger partial charge on any atom is -0.463 e. The van der Waals surface area contributed by atoms with Gasteiger partial charge in [-0.3, -0.25) is 24.0 Å². The van der Waals surface area contributed by atoms with Crippen molar-refractivity contribution in [1.29, 1.82) is 0 Å². The number of carbonyl (C=O) groups excluding carboxylic acids is 5. The van der Waals surface area contributed by atoms with Gasteiger partial charge in [0.15, 0.2) is 18.5 Å². The van der Waals surface area contributed by atoms with Crippen molar-refractivity contribution in [2.24, 2.45) is 5.73 Å². The van der Waals surface area contributed by atoms with Crippen LogP contribution in [0, 0.1) is 0 Å². The standard InChI is InChI=1S/C27H38N2O11/c1-16(30)29-23-25(39-19(4)33)24(38-18(3)32)22(15-36-17(2)31)40-27(23)35-13-9-8-12-21(28)26(34)37-14-20-10-6-5-7-11-20/h5-7,10-11,21-25,27H,8-9,12-15,28H2,1-4H3,(H,29,30)/t21-,22?,23?,24-,25+,27-/m0/s1. The largest absolute Gasteiger partial charge is 0.463 e. The van der Waals surface area contributed by atoms with E-state index < -0.39 is 66.5 Å². The van der Waals surface area contributed by atoms with Gasteiger partial charge in [0.25, 0.3) is 0 Å². The van der Waals surface area contributed by atoms with Crippen molar-refractivity contribution in [1.82, 2.24) is 5.32 Å².